The molecule has 2 aliphatic rings. The number of fused-ring (bicyclic) bond motifs is 1. The number of hydrogen-bond donors (Lipinski definition) is 0. The summed E-state index contributed by atoms with van der Waals surface area (Å²) >= 11 is 0. The largest absolute Gasteiger partial charge is 0.354 e. The zero-order valence-corrected chi connectivity index (χ0v) is 16.4. The summed E-state index contributed by atoms with van der Waals surface area (Å²) in [5.41, 5.74) is 3.37. The standard InChI is InChI=1S/C22H28N4O/c1-15(2)18-7-5-17(6-8-18)10-22(27)26-13-19-11-25(12-20(19)14-26)21-9-4-16(3)23-24-21/h4-9,15,19-20H,10-14H2,1-3H3/t19-,20+. The normalized spacial score (nSPS) is 21.8. The molecule has 0 unspecified atom stereocenters. The van der Waals surface area contributed by atoms with Gasteiger partial charge in [-0.3, -0.25) is 4.79 Å². The van der Waals surface area contributed by atoms with Gasteiger partial charge in [0.15, 0.2) is 5.82 Å². The summed E-state index contributed by atoms with van der Waals surface area (Å²) in [6, 6.07) is 12.5. The van der Waals surface area contributed by atoms with E-state index in [9.17, 15) is 4.79 Å². The Hall–Kier alpha value is -2.43. The SMILES string of the molecule is Cc1ccc(N2C[C@H]3CN(C(=O)Cc4ccc(C(C)C)cc4)C[C@H]3C2)nn1. The molecule has 1 amide bonds. The number of amides is 1. The van der Waals surface area contributed by atoms with E-state index < -0.39 is 0 Å². The van der Waals surface area contributed by atoms with E-state index in [2.05, 4.69) is 58.1 Å². The van der Waals surface area contributed by atoms with Crippen molar-refractivity contribution >= 4 is 11.7 Å². The number of hydrogen-bond acceptors (Lipinski definition) is 4. The lowest BCUT2D eigenvalue weighted by atomic mass is 10.0. The highest BCUT2D eigenvalue weighted by Crippen LogP contribution is 2.33. The minimum atomic E-state index is 0.253. The molecule has 2 aliphatic heterocycles. The maximum absolute atomic E-state index is 12.7. The summed E-state index contributed by atoms with van der Waals surface area (Å²) in [4.78, 5) is 17.1. The lowest BCUT2D eigenvalue weighted by Crippen LogP contribution is -2.34. The van der Waals surface area contributed by atoms with Gasteiger partial charge in [-0.2, -0.15) is 5.10 Å². The van der Waals surface area contributed by atoms with Gasteiger partial charge >= 0.3 is 0 Å². The first kappa shape index (κ1) is 18.0. The van der Waals surface area contributed by atoms with Crippen LogP contribution in [0.4, 0.5) is 5.82 Å². The second-order valence-electron chi connectivity index (χ2n) is 8.33. The molecule has 3 heterocycles. The molecular formula is C22H28N4O. The average molecular weight is 364 g/mol. The van der Waals surface area contributed by atoms with Gasteiger partial charge in [0.1, 0.15) is 0 Å². The van der Waals surface area contributed by atoms with Gasteiger partial charge < -0.3 is 9.80 Å². The number of anilines is 1. The third-order valence-corrected chi connectivity index (χ3v) is 5.95. The van der Waals surface area contributed by atoms with E-state index in [4.69, 9.17) is 0 Å². The van der Waals surface area contributed by atoms with E-state index in [1.54, 1.807) is 0 Å². The molecule has 27 heavy (non-hydrogen) atoms. The van der Waals surface area contributed by atoms with E-state index in [0.29, 0.717) is 24.2 Å². The summed E-state index contributed by atoms with van der Waals surface area (Å²) in [6.45, 7) is 10.00. The van der Waals surface area contributed by atoms with Crippen LogP contribution in [0.5, 0.6) is 0 Å². The molecule has 2 saturated heterocycles. The van der Waals surface area contributed by atoms with E-state index in [1.807, 2.05) is 19.1 Å². The Morgan fingerprint density at radius 3 is 2.22 bits per heavy atom. The van der Waals surface area contributed by atoms with E-state index in [1.165, 1.54) is 5.56 Å². The highest BCUT2D eigenvalue weighted by Gasteiger charge is 2.41. The molecule has 0 spiro atoms. The maximum atomic E-state index is 12.7. The minimum Gasteiger partial charge on any atom is -0.354 e. The molecule has 0 radical (unpaired) electrons. The molecule has 1 aromatic heterocycles. The van der Waals surface area contributed by atoms with Crippen LogP contribution in [0.25, 0.3) is 0 Å². The minimum absolute atomic E-state index is 0.253. The van der Waals surface area contributed by atoms with Gasteiger partial charge in [-0.15, -0.1) is 5.10 Å². The zero-order chi connectivity index (χ0) is 19.0. The van der Waals surface area contributed by atoms with Crippen molar-refractivity contribution in [3.63, 3.8) is 0 Å². The molecule has 2 aromatic rings. The third-order valence-electron chi connectivity index (χ3n) is 5.95. The fourth-order valence-corrected chi connectivity index (χ4v) is 4.25. The van der Waals surface area contributed by atoms with Crippen molar-refractivity contribution in [3.8, 4) is 0 Å². The Bertz CT molecular complexity index is 786. The van der Waals surface area contributed by atoms with Gasteiger partial charge in [-0.1, -0.05) is 38.1 Å². The molecule has 2 fully saturated rings. The van der Waals surface area contributed by atoms with Crippen LogP contribution in [0.15, 0.2) is 36.4 Å². The highest BCUT2D eigenvalue weighted by molar-refractivity contribution is 5.79. The van der Waals surface area contributed by atoms with Crippen molar-refractivity contribution in [3.05, 3.63) is 53.2 Å². The van der Waals surface area contributed by atoms with Gasteiger partial charge in [-0.05, 0) is 36.1 Å². The number of carbonyl (C=O) groups is 1. The summed E-state index contributed by atoms with van der Waals surface area (Å²) in [6.07, 6.45) is 0.505. The fraction of sp³-hybridized carbons (Fsp3) is 0.500. The van der Waals surface area contributed by atoms with Crippen LogP contribution in [0.2, 0.25) is 0 Å². The summed E-state index contributed by atoms with van der Waals surface area (Å²) in [5.74, 6) is 2.82. The number of benzene rings is 1. The van der Waals surface area contributed by atoms with Crippen molar-refractivity contribution < 1.29 is 4.79 Å². The van der Waals surface area contributed by atoms with Crippen molar-refractivity contribution in [2.24, 2.45) is 11.8 Å². The number of carbonyl (C=O) groups excluding carboxylic acids is 1. The Balaban J connectivity index is 1.33. The van der Waals surface area contributed by atoms with Crippen molar-refractivity contribution in [2.45, 2.75) is 33.1 Å². The molecule has 0 N–H and O–H groups in total. The van der Waals surface area contributed by atoms with Crippen LogP contribution in [-0.4, -0.2) is 47.2 Å². The number of aromatic nitrogens is 2. The lowest BCUT2D eigenvalue weighted by Gasteiger charge is -2.22. The van der Waals surface area contributed by atoms with Crippen LogP contribution >= 0.6 is 0 Å². The molecule has 142 valence electrons. The summed E-state index contributed by atoms with van der Waals surface area (Å²) in [5, 5.41) is 8.48. The average Bonchev–Trinajstić information content (AvgIpc) is 3.22. The Kier molecular flexibility index (Phi) is 4.85. The van der Waals surface area contributed by atoms with E-state index in [-0.39, 0.29) is 5.91 Å². The second kappa shape index (κ2) is 7.29. The smallest absolute Gasteiger partial charge is 0.227 e. The molecule has 2 atom stereocenters. The Morgan fingerprint density at radius 2 is 1.67 bits per heavy atom. The Morgan fingerprint density at radius 1 is 1.00 bits per heavy atom. The van der Waals surface area contributed by atoms with Crippen molar-refractivity contribution in [1.82, 2.24) is 15.1 Å². The van der Waals surface area contributed by atoms with E-state index in [0.717, 1.165) is 43.3 Å². The maximum Gasteiger partial charge on any atom is 0.227 e. The van der Waals surface area contributed by atoms with Crippen LogP contribution in [0.3, 0.4) is 0 Å². The lowest BCUT2D eigenvalue weighted by molar-refractivity contribution is -0.129. The molecule has 0 bridgehead atoms. The van der Waals surface area contributed by atoms with Crippen LogP contribution in [0.1, 0.15) is 36.6 Å². The molecule has 5 nitrogen and oxygen atoms in total. The molecule has 0 aliphatic carbocycles. The van der Waals surface area contributed by atoms with Crippen LogP contribution in [0, 0.1) is 18.8 Å². The number of rotatable bonds is 4. The number of aryl methyl sites for hydroxylation is 1. The first-order valence-electron chi connectivity index (χ1n) is 9.91. The van der Waals surface area contributed by atoms with Crippen molar-refractivity contribution in [1.29, 1.82) is 0 Å². The Labute approximate surface area is 161 Å². The van der Waals surface area contributed by atoms with Crippen molar-refractivity contribution in [2.75, 3.05) is 31.1 Å². The predicted octanol–water partition coefficient (Wildman–Crippen LogP) is 3.05. The molecule has 1 aromatic carbocycles. The third kappa shape index (κ3) is 3.82. The molecule has 0 saturated carbocycles. The monoisotopic (exact) mass is 364 g/mol. The van der Waals surface area contributed by atoms with Crippen LogP contribution in [-0.2, 0) is 11.2 Å². The van der Waals surface area contributed by atoms with Gasteiger partial charge in [0.2, 0.25) is 5.91 Å². The molecule has 5 heteroatoms. The fourth-order valence-electron chi connectivity index (χ4n) is 4.25. The topological polar surface area (TPSA) is 49.3 Å². The second-order valence-corrected chi connectivity index (χ2v) is 8.33. The number of likely N-dealkylation sites (tertiary alicyclic amines) is 1. The van der Waals surface area contributed by atoms with Gasteiger partial charge in [0, 0.05) is 38.0 Å². The quantitative estimate of drug-likeness (QED) is 0.837. The molecule has 4 rings (SSSR count). The van der Waals surface area contributed by atoms with E-state index >= 15 is 0 Å². The highest BCUT2D eigenvalue weighted by atomic mass is 16.2. The molecular weight excluding hydrogens is 336 g/mol. The first-order chi connectivity index (χ1) is 13.0. The van der Waals surface area contributed by atoms with Gasteiger partial charge in [0.25, 0.3) is 0 Å². The summed E-state index contributed by atoms with van der Waals surface area (Å²) in [7, 11) is 0. The van der Waals surface area contributed by atoms with Gasteiger partial charge in [-0.25, -0.2) is 0 Å². The van der Waals surface area contributed by atoms with Gasteiger partial charge in [0.05, 0.1) is 12.1 Å². The van der Waals surface area contributed by atoms with Crippen LogP contribution < -0.4 is 4.90 Å². The first-order valence-corrected chi connectivity index (χ1v) is 9.91. The predicted molar refractivity (Wildman–Crippen MR) is 107 cm³/mol. The number of nitrogens with zero attached hydrogens (tertiary/aromatic N) is 4. The summed E-state index contributed by atoms with van der Waals surface area (Å²) < 4.78 is 0. The zero-order valence-electron chi connectivity index (χ0n) is 16.4.